The van der Waals surface area contributed by atoms with Gasteiger partial charge in [-0.1, -0.05) is 36.4 Å². The van der Waals surface area contributed by atoms with Gasteiger partial charge in [-0.2, -0.15) is 0 Å². The van der Waals surface area contributed by atoms with Crippen molar-refractivity contribution >= 4 is 22.4 Å². The minimum absolute atomic E-state index is 0.00916. The molecule has 1 unspecified atom stereocenters. The van der Waals surface area contributed by atoms with E-state index in [0.29, 0.717) is 0 Å². The summed E-state index contributed by atoms with van der Waals surface area (Å²) in [6, 6.07) is 13.8. The summed E-state index contributed by atoms with van der Waals surface area (Å²) in [7, 11) is 4.03. The molecular weight excluding hydrogens is 262 g/mol. The first kappa shape index (κ1) is 15.5. The molecular formula is C17H23N3O. The Morgan fingerprint density at radius 2 is 1.86 bits per heavy atom. The molecule has 112 valence electrons. The SMILES string of the molecule is CC(NCCN(C)C)C(=O)Nc1cccc2ccccc12. The minimum Gasteiger partial charge on any atom is -0.324 e. The third kappa shape index (κ3) is 4.28. The van der Waals surface area contributed by atoms with Crippen molar-refractivity contribution in [3.63, 3.8) is 0 Å². The van der Waals surface area contributed by atoms with E-state index in [4.69, 9.17) is 0 Å². The van der Waals surface area contributed by atoms with Gasteiger partial charge in [0.1, 0.15) is 0 Å². The average Bonchev–Trinajstić information content (AvgIpc) is 2.47. The van der Waals surface area contributed by atoms with Crippen LogP contribution < -0.4 is 10.6 Å². The van der Waals surface area contributed by atoms with Crippen LogP contribution in [0, 0.1) is 0 Å². The lowest BCUT2D eigenvalue weighted by Crippen LogP contribution is -2.41. The van der Waals surface area contributed by atoms with Crippen LogP contribution in [0.4, 0.5) is 5.69 Å². The van der Waals surface area contributed by atoms with Crippen LogP contribution in [0.5, 0.6) is 0 Å². The minimum atomic E-state index is -0.219. The van der Waals surface area contributed by atoms with E-state index in [9.17, 15) is 4.79 Å². The average molecular weight is 285 g/mol. The van der Waals surface area contributed by atoms with Crippen LogP contribution >= 0.6 is 0 Å². The van der Waals surface area contributed by atoms with Crippen molar-refractivity contribution in [1.82, 2.24) is 10.2 Å². The van der Waals surface area contributed by atoms with Gasteiger partial charge < -0.3 is 15.5 Å². The van der Waals surface area contributed by atoms with E-state index in [1.807, 2.05) is 63.5 Å². The molecule has 0 aliphatic rings. The molecule has 2 N–H and O–H groups in total. The van der Waals surface area contributed by atoms with Crippen molar-refractivity contribution in [2.75, 3.05) is 32.5 Å². The molecule has 0 bridgehead atoms. The largest absolute Gasteiger partial charge is 0.324 e. The maximum Gasteiger partial charge on any atom is 0.241 e. The highest BCUT2D eigenvalue weighted by molar-refractivity contribution is 6.03. The van der Waals surface area contributed by atoms with E-state index < -0.39 is 0 Å². The molecule has 0 aliphatic heterocycles. The number of amides is 1. The van der Waals surface area contributed by atoms with E-state index in [-0.39, 0.29) is 11.9 Å². The zero-order valence-corrected chi connectivity index (χ0v) is 12.9. The van der Waals surface area contributed by atoms with Gasteiger partial charge in [0, 0.05) is 24.2 Å². The predicted octanol–water partition coefficient (Wildman–Crippen LogP) is 2.32. The van der Waals surface area contributed by atoms with E-state index >= 15 is 0 Å². The molecule has 0 saturated heterocycles. The molecule has 2 rings (SSSR count). The highest BCUT2D eigenvalue weighted by Gasteiger charge is 2.13. The van der Waals surface area contributed by atoms with Gasteiger partial charge in [0.25, 0.3) is 0 Å². The summed E-state index contributed by atoms with van der Waals surface area (Å²) < 4.78 is 0. The third-order valence-corrected chi connectivity index (χ3v) is 3.45. The van der Waals surface area contributed by atoms with Gasteiger partial charge in [-0.15, -0.1) is 0 Å². The number of likely N-dealkylation sites (N-methyl/N-ethyl adjacent to an activating group) is 1. The molecule has 2 aromatic carbocycles. The number of hydrogen-bond donors (Lipinski definition) is 2. The fourth-order valence-electron chi connectivity index (χ4n) is 2.17. The molecule has 1 amide bonds. The van der Waals surface area contributed by atoms with Crippen molar-refractivity contribution in [3.05, 3.63) is 42.5 Å². The van der Waals surface area contributed by atoms with Crippen LogP contribution in [-0.2, 0) is 4.79 Å². The number of rotatable bonds is 6. The zero-order valence-electron chi connectivity index (χ0n) is 12.9. The number of benzene rings is 2. The lowest BCUT2D eigenvalue weighted by Gasteiger charge is -2.16. The predicted molar refractivity (Wildman–Crippen MR) is 88.6 cm³/mol. The molecule has 0 heterocycles. The van der Waals surface area contributed by atoms with Crippen molar-refractivity contribution < 1.29 is 4.79 Å². The summed E-state index contributed by atoms with van der Waals surface area (Å²) in [6.07, 6.45) is 0. The van der Waals surface area contributed by atoms with Gasteiger partial charge in [0.2, 0.25) is 5.91 Å². The molecule has 0 fully saturated rings. The second-order valence-electron chi connectivity index (χ2n) is 5.50. The number of anilines is 1. The third-order valence-electron chi connectivity index (χ3n) is 3.45. The number of nitrogens with one attached hydrogen (secondary N) is 2. The Kier molecular flexibility index (Phi) is 5.31. The fourth-order valence-corrected chi connectivity index (χ4v) is 2.17. The monoisotopic (exact) mass is 285 g/mol. The van der Waals surface area contributed by atoms with Gasteiger partial charge in [-0.25, -0.2) is 0 Å². The van der Waals surface area contributed by atoms with Crippen LogP contribution in [0.1, 0.15) is 6.92 Å². The number of hydrogen-bond acceptors (Lipinski definition) is 3. The maximum atomic E-state index is 12.2. The van der Waals surface area contributed by atoms with Crippen LogP contribution in [0.25, 0.3) is 10.8 Å². The summed E-state index contributed by atoms with van der Waals surface area (Å²) >= 11 is 0. The number of carbonyl (C=O) groups is 1. The summed E-state index contributed by atoms with van der Waals surface area (Å²) in [4.78, 5) is 14.3. The van der Waals surface area contributed by atoms with Gasteiger partial charge in [0.15, 0.2) is 0 Å². The van der Waals surface area contributed by atoms with Gasteiger partial charge in [-0.05, 0) is 32.5 Å². The lowest BCUT2D eigenvalue weighted by molar-refractivity contribution is -0.117. The van der Waals surface area contributed by atoms with Gasteiger partial charge in [-0.3, -0.25) is 4.79 Å². The van der Waals surface area contributed by atoms with Crippen molar-refractivity contribution in [2.24, 2.45) is 0 Å². The van der Waals surface area contributed by atoms with Crippen LogP contribution in [0.15, 0.2) is 42.5 Å². The quantitative estimate of drug-likeness (QED) is 0.856. The number of fused-ring (bicyclic) bond motifs is 1. The molecule has 0 aliphatic carbocycles. The van der Waals surface area contributed by atoms with E-state index in [1.54, 1.807) is 0 Å². The molecule has 0 spiro atoms. The van der Waals surface area contributed by atoms with Crippen molar-refractivity contribution in [2.45, 2.75) is 13.0 Å². The van der Waals surface area contributed by atoms with Crippen LogP contribution in [-0.4, -0.2) is 44.0 Å². The number of nitrogens with zero attached hydrogens (tertiary/aromatic N) is 1. The summed E-state index contributed by atoms with van der Waals surface area (Å²) in [5, 5.41) is 8.43. The molecule has 4 heteroatoms. The number of carbonyl (C=O) groups excluding carboxylic acids is 1. The molecule has 21 heavy (non-hydrogen) atoms. The summed E-state index contributed by atoms with van der Waals surface area (Å²) in [5.41, 5.74) is 0.861. The first-order valence-electron chi connectivity index (χ1n) is 7.24. The summed E-state index contributed by atoms with van der Waals surface area (Å²) in [6.45, 7) is 3.58. The molecule has 1 atom stereocenters. The Bertz CT molecular complexity index is 605. The highest BCUT2D eigenvalue weighted by Crippen LogP contribution is 2.22. The standard InChI is InChI=1S/C17H23N3O/c1-13(18-11-12-20(2)3)17(21)19-16-10-6-8-14-7-4-5-9-15(14)16/h4-10,13,18H,11-12H2,1-3H3,(H,19,21). The van der Waals surface area contributed by atoms with E-state index in [1.165, 1.54) is 0 Å². The molecule has 2 aromatic rings. The zero-order chi connectivity index (χ0) is 15.2. The van der Waals surface area contributed by atoms with E-state index in [2.05, 4.69) is 15.5 Å². The molecule has 0 aromatic heterocycles. The summed E-state index contributed by atoms with van der Waals surface area (Å²) in [5.74, 6) is -0.00916. The Morgan fingerprint density at radius 3 is 2.62 bits per heavy atom. The van der Waals surface area contributed by atoms with Crippen molar-refractivity contribution in [3.8, 4) is 0 Å². The van der Waals surface area contributed by atoms with Gasteiger partial charge >= 0.3 is 0 Å². The van der Waals surface area contributed by atoms with Crippen molar-refractivity contribution in [1.29, 1.82) is 0 Å². The van der Waals surface area contributed by atoms with Crippen LogP contribution in [0.2, 0.25) is 0 Å². The first-order chi connectivity index (χ1) is 10.1. The lowest BCUT2D eigenvalue weighted by atomic mass is 10.1. The normalized spacial score (nSPS) is 12.6. The highest BCUT2D eigenvalue weighted by atomic mass is 16.2. The Balaban J connectivity index is 2.01. The topological polar surface area (TPSA) is 44.4 Å². The second kappa shape index (κ2) is 7.20. The second-order valence-corrected chi connectivity index (χ2v) is 5.50. The molecule has 0 radical (unpaired) electrons. The molecule has 0 saturated carbocycles. The first-order valence-corrected chi connectivity index (χ1v) is 7.24. The Hall–Kier alpha value is -1.91. The maximum absolute atomic E-state index is 12.2. The Labute approximate surface area is 126 Å². The Morgan fingerprint density at radius 1 is 1.14 bits per heavy atom. The smallest absolute Gasteiger partial charge is 0.241 e. The van der Waals surface area contributed by atoms with Crippen LogP contribution in [0.3, 0.4) is 0 Å². The fraction of sp³-hybridized carbons (Fsp3) is 0.353. The molecule has 4 nitrogen and oxygen atoms in total. The van der Waals surface area contributed by atoms with E-state index in [0.717, 1.165) is 29.5 Å². The van der Waals surface area contributed by atoms with Gasteiger partial charge in [0.05, 0.1) is 6.04 Å².